The number of anilines is 1. The highest BCUT2D eigenvalue weighted by Gasteiger charge is 2.52. The summed E-state index contributed by atoms with van der Waals surface area (Å²) in [5.74, 6) is -0.151. The largest absolute Gasteiger partial charge is 0.373 e. The van der Waals surface area contributed by atoms with E-state index in [1.807, 2.05) is 60.7 Å². The van der Waals surface area contributed by atoms with Crippen molar-refractivity contribution < 1.29 is 9.53 Å². The molecule has 2 aliphatic rings. The third-order valence-corrected chi connectivity index (χ3v) is 6.30. The molecular formula is C24H21ClN2O2. The average Bonchev–Trinajstić information content (AvgIpc) is 3.37. The summed E-state index contributed by atoms with van der Waals surface area (Å²) in [5.41, 5.74) is 3.82. The van der Waals surface area contributed by atoms with E-state index >= 15 is 0 Å². The van der Waals surface area contributed by atoms with E-state index in [4.69, 9.17) is 16.3 Å². The lowest BCUT2D eigenvalue weighted by Gasteiger charge is -2.27. The van der Waals surface area contributed by atoms with Crippen LogP contribution in [0.1, 0.15) is 24.3 Å². The van der Waals surface area contributed by atoms with Gasteiger partial charge >= 0.3 is 0 Å². The number of ether oxygens (including phenoxy) is 1. The average molecular weight is 405 g/mol. The minimum absolute atomic E-state index is 0.0115. The van der Waals surface area contributed by atoms with Crippen LogP contribution in [0.15, 0.2) is 73.1 Å². The normalized spacial score (nSPS) is 25.1. The predicted molar refractivity (Wildman–Crippen MR) is 114 cm³/mol. The summed E-state index contributed by atoms with van der Waals surface area (Å²) in [4.78, 5) is 17.3. The highest BCUT2D eigenvalue weighted by Crippen LogP contribution is 2.49. The summed E-state index contributed by atoms with van der Waals surface area (Å²) < 4.78 is 6.10. The number of carbonyl (C=O) groups is 1. The molecule has 2 saturated heterocycles. The van der Waals surface area contributed by atoms with E-state index in [2.05, 4.69) is 10.3 Å². The van der Waals surface area contributed by atoms with Crippen molar-refractivity contribution >= 4 is 23.2 Å². The van der Waals surface area contributed by atoms with Crippen LogP contribution in [0.2, 0.25) is 5.02 Å². The molecule has 29 heavy (non-hydrogen) atoms. The molecule has 5 rings (SSSR count). The second kappa shape index (κ2) is 7.62. The third-order valence-electron chi connectivity index (χ3n) is 5.99. The second-order valence-corrected chi connectivity index (χ2v) is 8.08. The van der Waals surface area contributed by atoms with Crippen molar-refractivity contribution in [1.29, 1.82) is 0 Å². The van der Waals surface area contributed by atoms with Crippen LogP contribution in [0, 0.1) is 5.92 Å². The van der Waals surface area contributed by atoms with Gasteiger partial charge in [0.05, 0.1) is 23.1 Å². The topological polar surface area (TPSA) is 51.2 Å². The van der Waals surface area contributed by atoms with Crippen LogP contribution in [-0.4, -0.2) is 23.1 Å². The maximum absolute atomic E-state index is 13.2. The number of benzene rings is 2. The van der Waals surface area contributed by atoms with Gasteiger partial charge in [0, 0.05) is 29.6 Å². The fourth-order valence-corrected chi connectivity index (χ4v) is 4.98. The zero-order valence-corrected chi connectivity index (χ0v) is 16.5. The number of amides is 1. The smallest absolute Gasteiger partial charge is 0.230 e. The van der Waals surface area contributed by atoms with Gasteiger partial charge in [0.1, 0.15) is 0 Å². The van der Waals surface area contributed by atoms with Crippen molar-refractivity contribution in [1.82, 2.24) is 4.98 Å². The molecule has 0 saturated carbocycles. The van der Waals surface area contributed by atoms with Crippen molar-refractivity contribution in [3.05, 3.63) is 83.6 Å². The molecule has 0 unspecified atom stereocenters. The van der Waals surface area contributed by atoms with Crippen molar-refractivity contribution in [3.63, 3.8) is 0 Å². The van der Waals surface area contributed by atoms with E-state index in [9.17, 15) is 4.79 Å². The lowest BCUT2D eigenvalue weighted by Crippen LogP contribution is -2.36. The number of halogens is 1. The Morgan fingerprint density at radius 2 is 1.76 bits per heavy atom. The van der Waals surface area contributed by atoms with E-state index in [0.29, 0.717) is 10.7 Å². The number of rotatable bonds is 4. The summed E-state index contributed by atoms with van der Waals surface area (Å²) in [6.07, 6.45) is 5.55. The fourth-order valence-electron chi connectivity index (χ4n) is 4.69. The first-order valence-corrected chi connectivity index (χ1v) is 10.3. The molecule has 2 bridgehead atoms. The molecule has 4 nitrogen and oxygen atoms in total. The highest BCUT2D eigenvalue weighted by atomic mass is 35.5. The molecule has 2 aliphatic heterocycles. The summed E-state index contributed by atoms with van der Waals surface area (Å²) in [5, 5.41) is 3.68. The van der Waals surface area contributed by atoms with Crippen LogP contribution >= 0.6 is 11.6 Å². The van der Waals surface area contributed by atoms with Crippen molar-refractivity contribution in [3.8, 4) is 11.1 Å². The third kappa shape index (κ3) is 3.43. The second-order valence-electron chi connectivity index (χ2n) is 7.67. The van der Waals surface area contributed by atoms with E-state index in [1.54, 1.807) is 12.4 Å². The van der Waals surface area contributed by atoms with Gasteiger partial charge in [-0.05, 0) is 48.2 Å². The van der Waals surface area contributed by atoms with Gasteiger partial charge in [-0.3, -0.25) is 9.78 Å². The molecule has 2 aromatic carbocycles. The van der Waals surface area contributed by atoms with E-state index in [1.165, 1.54) is 0 Å². The molecule has 1 N–H and O–H groups in total. The number of hydrogen-bond acceptors (Lipinski definition) is 3. The SMILES string of the molecule is O=C(Nc1ccc(-c2ccccc2)c(Cl)c1)[C@H]1[C@H](c2ccncc2)[C@@H]2CC[C@H]1O2. The van der Waals surface area contributed by atoms with Crippen LogP contribution in [-0.2, 0) is 9.53 Å². The van der Waals surface area contributed by atoms with Crippen molar-refractivity contribution in [2.75, 3.05) is 5.32 Å². The standard InChI is InChI=1S/C24H21ClN2O2/c25-19-14-17(6-7-18(19)15-4-2-1-3-5-15)27-24(28)23-21-9-8-20(29-21)22(23)16-10-12-26-13-11-16/h1-7,10-14,20-23H,8-9H2,(H,27,28)/t20-,21+,22+,23+/m0/s1. The Kier molecular flexibility index (Phi) is 4.82. The highest BCUT2D eigenvalue weighted by molar-refractivity contribution is 6.33. The first-order chi connectivity index (χ1) is 14.2. The molecule has 3 aromatic rings. The molecule has 5 heteroatoms. The molecule has 0 radical (unpaired) electrons. The van der Waals surface area contributed by atoms with Gasteiger partial charge in [-0.25, -0.2) is 0 Å². The predicted octanol–water partition coefficient (Wildman–Crippen LogP) is 5.30. The van der Waals surface area contributed by atoms with Gasteiger partial charge in [0.2, 0.25) is 5.91 Å². The maximum atomic E-state index is 13.2. The first kappa shape index (κ1) is 18.3. The summed E-state index contributed by atoms with van der Waals surface area (Å²) in [6.45, 7) is 0. The van der Waals surface area contributed by atoms with Crippen LogP contribution in [0.4, 0.5) is 5.69 Å². The minimum Gasteiger partial charge on any atom is -0.373 e. The summed E-state index contributed by atoms with van der Waals surface area (Å²) in [7, 11) is 0. The lowest BCUT2D eigenvalue weighted by atomic mass is 9.75. The van der Waals surface area contributed by atoms with Gasteiger partial charge < -0.3 is 10.1 Å². The van der Waals surface area contributed by atoms with E-state index < -0.39 is 0 Å². The van der Waals surface area contributed by atoms with E-state index in [-0.39, 0.29) is 30.0 Å². The summed E-state index contributed by atoms with van der Waals surface area (Å²) in [6, 6.07) is 19.6. The monoisotopic (exact) mass is 404 g/mol. The van der Waals surface area contributed by atoms with Crippen LogP contribution in [0.5, 0.6) is 0 Å². The minimum atomic E-state index is -0.205. The number of nitrogens with one attached hydrogen (secondary N) is 1. The quantitative estimate of drug-likeness (QED) is 0.641. The molecule has 1 aromatic heterocycles. The number of hydrogen-bond donors (Lipinski definition) is 1. The number of carbonyl (C=O) groups excluding carboxylic acids is 1. The molecule has 2 fully saturated rings. The van der Waals surface area contributed by atoms with Gasteiger partial charge in [0.25, 0.3) is 0 Å². The Balaban J connectivity index is 1.38. The number of aromatic nitrogens is 1. The molecule has 4 atom stereocenters. The van der Waals surface area contributed by atoms with Gasteiger partial charge in [-0.15, -0.1) is 0 Å². The van der Waals surface area contributed by atoms with Crippen LogP contribution in [0.25, 0.3) is 11.1 Å². The maximum Gasteiger partial charge on any atom is 0.230 e. The van der Waals surface area contributed by atoms with Gasteiger partial charge in [0.15, 0.2) is 0 Å². The molecule has 146 valence electrons. The van der Waals surface area contributed by atoms with Crippen molar-refractivity contribution in [2.24, 2.45) is 5.92 Å². The van der Waals surface area contributed by atoms with Crippen LogP contribution < -0.4 is 5.32 Å². The zero-order chi connectivity index (χ0) is 19.8. The van der Waals surface area contributed by atoms with Gasteiger partial charge in [-0.2, -0.15) is 0 Å². The Morgan fingerprint density at radius 1 is 1.00 bits per heavy atom. The van der Waals surface area contributed by atoms with Gasteiger partial charge in [-0.1, -0.05) is 48.0 Å². The molecular weight excluding hydrogens is 384 g/mol. The fraction of sp³-hybridized carbons (Fsp3) is 0.250. The number of nitrogens with zero attached hydrogens (tertiary/aromatic N) is 1. The van der Waals surface area contributed by atoms with Crippen LogP contribution in [0.3, 0.4) is 0 Å². The Bertz CT molecular complexity index is 1030. The lowest BCUT2D eigenvalue weighted by molar-refractivity contribution is -0.121. The molecule has 1 amide bonds. The van der Waals surface area contributed by atoms with Crippen molar-refractivity contribution in [2.45, 2.75) is 31.0 Å². The summed E-state index contributed by atoms with van der Waals surface area (Å²) >= 11 is 6.51. The first-order valence-electron chi connectivity index (χ1n) is 9.92. The Labute approximate surface area is 174 Å². The number of pyridine rings is 1. The zero-order valence-electron chi connectivity index (χ0n) is 15.8. The van der Waals surface area contributed by atoms with E-state index in [0.717, 1.165) is 29.5 Å². The molecule has 0 aliphatic carbocycles. The Hall–Kier alpha value is -2.69. The Morgan fingerprint density at radius 3 is 2.52 bits per heavy atom. The number of fused-ring (bicyclic) bond motifs is 2. The molecule has 3 heterocycles. The molecule has 0 spiro atoms.